The van der Waals surface area contributed by atoms with Gasteiger partial charge in [-0.1, -0.05) is 18.1 Å². The van der Waals surface area contributed by atoms with Gasteiger partial charge in [-0.15, -0.1) is 0 Å². The van der Waals surface area contributed by atoms with Gasteiger partial charge in [-0.3, -0.25) is 0 Å². The van der Waals surface area contributed by atoms with Crippen LogP contribution in [0.2, 0.25) is 0 Å². The number of alkyl halides is 1. The van der Waals surface area contributed by atoms with Crippen molar-refractivity contribution in [2.75, 3.05) is 6.67 Å². The summed E-state index contributed by atoms with van der Waals surface area (Å²) in [7, 11) is 0. The molecule has 0 atom stereocenters. The maximum Gasteiger partial charge on any atom is 0.186 e. The van der Waals surface area contributed by atoms with Crippen LogP contribution in [0.25, 0.3) is 11.0 Å². The molecular formula is C15H11FN4. The molecule has 0 saturated carbocycles. The molecule has 5 heteroatoms. The van der Waals surface area contributed by atoms with Gasteiger partial charge >= 0.3 is 0 Å². The van der Waals surface area contributed by atoms with Crippen LogP contribution in [0.15, 0.2) is 43.0 Å². The molecule has 2 aromatic heterocycles. The summed E-state index contributed by atoms with van der Waals surface area (Å²) in [5.74, 6) is 6.45. The summed E-state index contributed by atoms with van der Waals surface area (Å²) in [5.41, 5.74) is 2.40. The number of aromatic nitrogens is 4. The van der Waals surface area contributed by atoms with Crippen LogP contribution in [0.3, 0.4) is 0 Å². The van der Waals surface area contributed by atoms with Gasteiger partial charge in [-0.25, -0.2) is 19.3 Å². The van der Waals surface area contributed by atoms with E-state index in [9.17, 15) is 4.39 Å². The first-order valence-corrected chi connectivity index (χ1v) is 6.17. The van der Waals surface area contributed by atoms with Crippen molar-refractivity contribution < 1.29 is 4.39 Å². The normalized spacial score (nSPS) is 10.2. The van der Waals surface area contributed by atoms with Gasteiger partial charge in [0.05, 0.1) is 23.1 Å². The Morgan fingerprint density at radius 3 is 2.70 bits per heavy atom. The Morgan fingerprint density at radius 1 is 1.10 bits per heavy atom. The Kier molecular flexibility index (Phi) is 3.38. The van der Waals surface area contributed by atoms with Crippen molar-refractivity contribution in [3.63, 3.8) is 0 Å². The number of fused-ring (bicyclic) bond motifs is 1. The van der Waals surface area contributed by atoms with Gasteiger partial charge in [0.25, 0.3) is 0 Å². The van der Waals surface area contributed by atoms with Crippen LogP contribution < -0.4 is 0 Å². The van der Waals surface area contributed by atoms with Crippen molar-refractivity contribution in [2.45, 2.75) is 6.54 Å². The van der Waals surface area contributed by atoms with E-state index in [1.807, 2.05) is 24.3 Å². The van der Waals surface area contributed by atoms with Gasteiger partial charge in [0, 0.05) is 12.4 Å². The van der Waals surface area contributed by atoms with Crippen LogP contribution >= 0.6 is 0 Å². The Labute approximate surface area is 115 Å². The summed E-state index contributed by atoms with van der Waals surface area (Å²) in [6.45, 7) is -0.209. The van der Waals surface area contributed by atoms with Gasteiger partial charge in [-0.05, 0) is 18.1 Å². The second-order valence-electron chi connectivity index (χ2n) is 4.14. The minimum Gasteiger partial charge on any atom is -0.315 e. The fourth-order valence-electron chi connectivity index (χ4n) is 1.97. The smallest absolute Gasteiger partial charge is 0.186 e. The molecule has 20 heavy (non-hydrogen) atoms. The number of para-hydroxylation sites is 2. The number of benzene rings is 1. The maximum absolute atomic E-state index is 12.7. The third-order valence-electron chi connectivity index (χ3n) is 2.84. The largest absolute Gasteiger partial charge is 0.315 e. The van der Waals surface area contributed by atoms with Crippen LogP contribution in [-0.4, -0.2) is 26.2 Å². The lowest BCUT2D eigenvalue weighted by Gasteiger charge is -2.01. The number of hydrogen-bond donors (Lipinski definition) is 0. The molecule has 0 unspecified atom stereocenters. The van der Waals surface area contributed by atoms with Crippen molar-refractivity contribution in [3.8, 4) is 11.8 Å². The van der Waals surface area contributed by atoms with E-state index in [-0.39, 0.29) is 6.54 Å². The molecule has 1 aromatic carbocycles. The van der Waals surface area contributed by atoms with E-state index in [0.717, 1.165) is 11.0 Å². The molecule has 0 bridgehead atoms. The monoisotopic (exact) mass is 266 g/mol. The fraction of sp³-hybridized carbons (Fsp3) is 0.133. The SMILES string of the molecule is FCCn1c(C#Cc2cncnc2)nc2ccccc21. The van der Waals surface area contributed by atoms with Crippen LogP contribution in [0, 0.1) is 11.8 Å². The van der Waals surface area contributed by atoms with Gasteiger partial charge in [0.1, 0.15) is 13.0 Å². The molecule has 0 amide bonds. The quantitative estimate of drug-likeness (QED) is 0.668. The Hall–Kier alpha value is -2.74. The zero-order valence-electron chi connectivity index (χ0n) is 10.6. The summed E-state index contributed by atoms with van der Waals surface area (Å²) in [4.78, 5) is 12.2. The zero-order chi connectivity index (χ0) is 13.8. The Morgan fingerprint density at radius 2 is 1.90 bits per heavy atom. The van der Waals surface area contributed by atoms with Crippen molar-refractivity contribution >= 4 is 11.0 Å². The summed E-state index contributed by atoms with van der Waals surface area (Å²) in [6.07, 6.45) is 4.70. The highest BCUT2D eigenvalue weighted by Gasteiger charge is 2.07. The number of halogens is 1. The van der Waals surface area contributed by atoms with Crippen molar-refractivity contribution in [1.29, 1.82) is 0 Å². The van der Waals surface area contributed by atoms with Gasteiger partial charge < -0.3 is 4.57 Å². The second-order valence-corrected chi connectivity index (χ2v) is 4.14. The Balaban J connectivity index is 2.07. The average molecular weight is 266 g/mol. The number of imidazole rings is 1. The van der Waals surface area contributed by atoms with Gasteiger partial charge in [0.15, 0.2) is 5.82 Å². The van der Waals surface area contributed by atoms with E-state index in [1.165, 1.54) is 6.33 Å². The van der Waals surface area contributed by atoms with E-state index in [0.29, 0.717) is 11.4 Å². The lowest BCUT2D eigenvalue weighted by atomic mass is 10.3. The summed E-state index contributed by atoms with van der Waals surface area (Å²) in [6, 6.07) is 7.61. The fourth-order valence-corrected chi connectivity index (χ4v) is 1.97. The second kappa shape index (κ2) is 5.49. The number of aryl methyl sites for hydroxylation is 1. The number of nitrogens with zero attached hydrogens (tertiary/aromatic N) is 4. The summed E-state index contributed by atoms with van der Waals surface area (Å²) in [5, 5.41) is 0. The molecule has 2 heterocycles. The highest BCUT2D eigenvalue weighted by molar-refractivity contribution is 5.76. The van der Waals surface area contributed by atoms with E-state index in [2.05, 4.69) is 26.8 Å². The first-order chi connectivity index (χ1) is 9.88. The molecule has 98 valence electrons. The molecule has 0 aliphatic carbocycles. The average Bonchev–Trinajstić information content (AvgIpc) is 2.85. The maximum atomic E-state index is 12.7. The van der Waals surface area contributed by atoms with Crippen LogP contribution in [0.5, 0.6) is 0 Å². The molecule has 3 rings (SSSR count). The minimum absolute atomic E-state index is 0.246. The predicted molar refractivity (Wildman–Crippen MR) is 73.7 cm³/mol. The summed E-state index contributed by atoms with van der Waals surface area (Å²) < 4.78 is 14.5. The minimum atomic E-state index is -0.455. The summed E-state index contributed by atoms with van der Waals surface area (Å²) >= 11 is 0. The van der Waals surface area contributed by atoms with E-state index in [4.69, 9.17) is 0 Å². The van der Waals surface area contributed by atoms with Crippen LogP contribution in [0.1, 0.15) is 11.4 Å². The topological polar surface area (TPSA) is 43.6 Å². The van der Waals surface area contributed by atoms with E-state index in [1.54, 1.807) is 17.0 Å². The third kappa shape index (κ3) is 2.36. The first-order valence-electron chi connectivity index (χ1n) is 6.17. The lowest BCUT2D eigenvalue weighted by molar-refractivity contribution is 0.448. The third-order valence-corrected chi connectivity index (χ3v) is 2.84. The van der Waals surface area contributed by atoms with Gasteiger partial charge in [0.2, 0.25) is 0 Å². The highest BCUT2D eigenvalue weighted by Crippen LogP contribution is 2.15. The number of rotatable bonds is 2. The lowest BCUT2D eigenvalue weighted by Crippen LogP contribution is -2.02. The molecule has 0 saturated heterocycles. The first kappa shape index (κ1) is 12.3. The predicted octanol–water partition coefficient (Wildman–Crippen LogP) is 2.20. The molecule has 0 spiro atoms. The van der Waals surface area contributed by atoms with Crippen LogP contribution in [-0.2, 0) is 6.54 Å². The van der Waals surface area contributed by atoms with Crippen molar-refractivity contribution in [3.05, 3.63) is 54.4 Å². The molecule has 0 aliphatic rings. The molecule has 3 aromatic rings. The Bertz CT molecular complexity index is 784. The van der Waals surface area contributed by atoms with Crippen molar-refractivity contribution in [1.82, 2.24) is 19.5 Å². The number of hydrogen-bond acceptors (Lipinski definition) is 3. The van der Waals surface area contributed by atoms with Gasteiger partial charge in [-0.2, -0.15) is 0 Å². The van der Waals surface area contributed by atoms with Crippen LogP contribution in [0.4, 0.5) is 4.39 Å². The molecule has 0 fully saturated rings. The molecule has 0 aliphatic heterocycles. The zero-order valence-corrected chi connectivity index (χ0v) is 10.6. The molecule has 0 N–H and O–H groups in total. The van der Waals surface area contributed by atoms with Crippen molar-refractivity contribution in [2.24, 2.45) is 0 Å². The molecule has 0 radical (unpaired) electrons. The van der Waals surface area contributed by atoms with E-state index < -0.39 is 6.67 Å². The standard InChI is InChI=1S/C15H11FN4/c16-7-8-20-14-4-2-1-3-13(14)19-15(20)6-5-12-9-17-11-18-10-12/h1-4,9-11H,7-8H2. The van der Waals surface area contributed by atoms with E-state index >= 15 is 0 Å². The molecular weight excluding hydrogens is 255 g/mol. The molecule has 4 nitrogen and oxygen atoms in total. The highest BCUT2D eigenvalue weighted by atomic mass is 19.1.